The molecule has 1 aromatic heterocycles. The third kappa shape index (κ3) is 4.07. The number of thiophene rings is 1. The van der Waals surface area contributed by atoms with E-state index in [9.17, 15) is 9.59 Å². The molecule has 0 saturated carbocycles. The van der Waals surface area contributed by atoms with Gasteiger partial charge in [-0.1, -0.05) is 15.9 Å². The fraction of sp³-hybridized carbons (Fsp3) is 0.600. The van der Waals surface area contributed by atoms with Gasteiger partial charge < -0.3 is 10.1 Å². The number of halogens is 1. The van der Waals surface area contributed by atoms with Crippen LogP contribution in [0.25, 0.3) is 0 Å². The van der Waals surface area contributed by atoms with Crippen molar-refractivity contribution in [1.29, 1.82) is 0 Å². The molecular formula is C15H20BrNO3S. The molecule has 0 aromatic carbocycles. The molecule has 1 amide bonds. The normalized spacial score (nSPS) is 13.0. The van der Waals surface area contributed by atoms with Crippen molar-refractivity contribution in [1.82, 2.24) is 0 Å². The maximum Gasteiger partial charge on any atom is 0.341 e. The Bertz CT molecular complexity index is 527. The molecule has 1 heterocycles. The zero-order valence-corrected chi connectivity index (χ0v) is 14.6. The van der Waals surface area contributed by atoms with E-state index in [1.807, 2.05) is 0 Å². The first kappa shape index (κ1) is 16.5. The van der Waals surface area contributed by atoms with Crippen LogP contribution in [0.15, 0.2) is 0 Å². The van der Waals surface area contributed by atoms with Crippen molar-refractivity contribution in [2.75, 3.05) is 17.3 Å². The van der Waals surface area contributed by atoms with Crippen molar-refractivity contribution < 1.29 is 14.3 Å². The molecule has 0 saturated heterocycles. The number of fused-ring (bicyclic) bond motifs is 1. The van der Waals surface area contributed by atoms with E-state index in [4.69, 9.17) is 4.74 Å². The quantitative estimate of drug-likeness (QED) is 0.447. The standard InChI is InChI=1S/C15H20BrNO3S/c1-2-20-15(19)13-10-6-5-7-11(10)21-14(13)17-12(18)8-3-4-9-16/h2-9H2,1H3,(H,17,18). The molecule has 6 heteroatoms. The van der Waals surface area contributed by atoms with E-state index >= 15 is 0 Å². The molecule has 0 radical (unpaired) electrons. The molecule has 21 heavy (non-hydrogen) atoms. The summed E-state index contributed by atoms with van der Waals surface area (Å²) in [5.41, 5.74) is 1.66. The number of hydrogen-bond acceptors (Lipinski definition) is 4. The highest BCUT2D eigenvalue weighted by Crippen LogP contribution is 2.39. The molecule has 0 spiro atoms. The van der Waals surface area contributed by atoms with Crippen LogP contribution in [0, 0.1) is 0 Å². The molecule has 0 bridgehead atoms. The van der Waals surface area contributed by atoms with Crippen LogP contribution in [-0.2, 0) is 22.4 Å². The predicted molar refractivity (Wildman–Crippen MR) is 88.6 cm³/mol. The Kier molecular flexibility index (Phi) is 6.23. The van der Waals surface area contributed by atoms with Crippen LogP contribution in [-0.4, -0.2) is 23.8 Å². The molecule has 1 N–H and O–H groups in total. The van der Waals surface area contributed by atoms with Gasteiger partial charge in [-0.2, -0.15) is 0 Å². The number of anilines is 1. The fourth-order valence-corrected chi connectivity index (χ4v) is 4.17. The Hall–Kier alpha value is -0.880. The third-order valence-electron chi connectivity index (χ3n) is 3.44. The van der Waals surface area contributed by atoms with E-state index in [2.05, 4.69) is 21.2 Å². The molecule has 0 aliphatic heterocycles. The SMILES string of the molecule is CCOC(=O)c1c(NC(=O)CCCCBr)sc2c1CCC2. The monoisotopic (exact) mass is 373 g/mol. The fourth-order valence-electron chi connectivity index (χ4n) is 2.48. The number of carbonyl (C=O) groups is 2. The summed E-state index contributed by atoms with van der Waals surface area (Å²) in [7, 11) is 0. The van der Waals surface area contributed by atoms with E-state index < -0.39 is 0 Å². The van der Waals surface area contributed by atoms with Gasteiger partial charge in [0.05, 0.1) is 12.2 Å². The number of esters is 1. The molecule has 4 nitrogen and oxygen atoms in total. The lowest BCUT2D eigenvalue weighted by Gasteiger charge is -2.07. The summed E-state index contributed by atoms with van der Waals surface area (Å²) < 4.78 is 5.14. The number of alkyl halides is 1. The minimum absolute atomic E-state index is 0.0265. The molecule has 2 rings (SSSR count). The molecule has 1 aromatic rings. The van der Waals surface area contributed by atoms with Crippen LogP contribution < -0.4 is 5.32 Å². The predicted octanol–water partition coefficient (Wildman–Crippen LogP) is 3.92. The Morgan fingerprint density at radius 3 is 2.86 bits per heavy atom. The van der Waals surface area contributed by atoms with Crippen molar-refractivity contribution in [3.63, 3.8) is 0 Å². The van der Waals surface area contributed by atoms with Crippen LogP contribution in [0.2, 0.25) is 0 Å². The van der Waals surface area contributed by atoms with E-state index in [0.717, 1.165) is 43.0 Å². The summed E-state index contributed by atoms with van der Waals surface area (Å²) in [6.07, 6.45) is 5.27. The van der Waals surface area contributed by atoms with Gasteiger partial charge in [0.1, 0.15) is 5.00 Å². The second-order valence-electron chi connectivity index (χ2n) is 4.98. The van der Waals surface area contributed by atoms with Crippen molar-refractivity contribution in [3.05, 3.63) is 16.0 Å². The molecule has 0 unspecified atom stereocenters. The van der Waals surface area contributed by atoms with Crippen LogP contribution in [0.5, 0.6) is 0 Å². The largest absolute Gasteiger partial charge is 0.462 e. The molecule has 1 aliphatic rings. The Labute approximate surface area is 137 Å². The van der Waals surface area contributed by atoms with Crippen molar-refractivity contribution in [2.45, 2.75) is 45.4 Å². The van der Waals surface area contributed by atoms with Gasteiger partial charge in [0.15, 0.2) is 0 Å². The van der Waals surface area contributed by atoms with Gasteiger partial charge >= 0.3 is 5.97 Å². The number of rotatable bonds is 7. The summed E-state index contributed by atoms with van der Waals surface area (Å²) in [6.45, 7) is 2.14. The van der Waals surface area contributed by atoms with Crippen molar-refractivity contribution >= 4 is 44.1 Å². The van der Waals surface area contributed by atoms with E-state index in [-0.39, 0.29) is 11.9 Å². The summed E-state index contributed by atoms with van der Waals surface area (Å²) in [5.74, 6) is -0.339. The molecular weight excluding hydrogens is 354 g/mol. The summed E-state index contributed by atoms with van der Waals surface area (Å²) >= 11 is 4.88. The second kappa shape index (κ2) is 7.94. The maximum absolute atomic E-state index is 12.2. The number of unbranched alkanes of at least 4 members (excludes halogenated alkanes) is 1. The number of carbonyl (C=O) groups excluding carboxylic acids is 2. The minimum Gasteiger partial charge on any atom is -0.462 e. The second-order valence-corrected chi connectivity index (χ2v) is 6.87. The smallest absolute Gasteiger partial charge is 0.341 e. The van der Waals surface area contributed by atoms with Gasteiger partial charge in [0, 0.05) is 16.6 Å². The average Bonchev–Trinajstić information content (AvgIpc) is 2.99. The Morgan fingerprint density at radius 1 is 1.33 bits per heavy atom. The number of ether oxygens (including phenoxy) is 1. The van der Waals surface area contributed by atoms with Crippen LogP contribution in [0.4, 0.5) is 5.00 Å². The summed E-state index contributed by atoms with van der Waals surface area (Å²) in [4.78, 5) is 25.3. The van der Waals surface area contributed by atoms with Gasteiger partial charge in [0.25, 0.3) is 0 Å². The van der Waals surface area contributed by atoms with E-state index in [0.29, 0.717) is 23.6 Å². The number of aryl methyl sites for hydroxylation is 1. The lowest BCUT2D eigenvalue weighted by Crippen LogP contribution is -2.14. The van der Waals surface area contributed by atoms with Gasteiger partial charge in [-0.05, 0) is 44.6 Å². The van der Waals surface area contributed by atoms with Crippen molar-refractivity contribution in [3.8, 4) is 0 Å². The zero-order chi connectivity index (χ0) is 15.2. The molecule has 1 aliphatic carbocycles. The third-order valence-corrected chi connectivity index (χ3v) is 5.21. The van der Waals surface area contributed by atoms with Crippen LogP contribution in [0.3, 0.4) is 0 Å². The lowest BCUT2D eigenvalue weighted by atomic mass is 10.1. The molecule has 0 atom stereocenters. The number of amides is 1. The summed E-state index contributed by atoms with van der Waals surface area (Å²) in [5, 5.41) is 4.47. The lowest BCUT2D eigenvalue weighted by molar-refractivity contribution is -0.116. The summed E-state index contributed by atoms with van der Waals surface area (Å²) in [6, 6.07) is 0. The Balaban J connectivity index is 2.12. The van der Waals surface area contributed by atoms with Gasteiger partial charge in [-0.25, -0.2) is 4.79 Å². The highest BCUT2D eigenvalue weighted by molar-refractivity contribution is 9.09. The first-order valence-electron chi connectivity index (χ1n) is 7.34. The first-order chi connectivity index (χ1) is 10.2. The molecule has 0 fully saturated rings. The van der Waals surface area contributed by atoms with Gasteiger partial charge in [-0.15, -0.1) is 11.3 Å². The number of nitrogens with one attached hydrogen (secondary N) is 1. The zero-order valence-electron chi connectivity index (χ0n) is 12.2. The minimum atomic E-state index is -0.312. The van der Waals surface area contributed by atoms with Crippen LogP contribution in [0.1, 0.15) is 53.4 Å². The van der Waals surface area contributed by atoms with E-state index in [1.165, 1.54) is 16.2 Å². The van der Waals surface area contributed by atoms with Crippen molar-refractivity contribution in [2.24, 2.45) is 0 Å². The van der Waals surface area contributed by atoms with E-state index in [1.54, 1.807) is 6.92 Å². The van der Waals surface area contributed by atoms with Gasteiger partial charge in [-0.3, -0.25) is 4.79 Å². The molecule has 116 valence electrons. The highest BCUT2D eigenvalue weighted by Gasteiger charge is 2.28. The van der Waals surface area contributed by atoms with Gasteiger partial charge in [0.2, 0.25) is 5.91 Å². The average molecular weight is 374 g/mol. The first-order valence-corrected chi connectivity index (χ1v) is 9.28. The van der Waals surface area contributed by atoms with Crippen LogP contribution >= 0.6 is 27.3 Å². The highest BCUT2D eigenvalue weighted by atomic mass is 79.9. The number of hydrogen-bond donors (Lipinski definition) is 1. The topological polar surface area (TPSA) is 55.4 Å². The Morgan fingerprint density at radius 2 is 2.14 bits per heavy atom. The maximum atomic E-state index is 12.2.